The summed E-state index contributed by atoms with van der Waals surface area (Å²) in [5, 5.41) is 9.72. The fourth-order valence-corrected chi connectivity index (χ4v) is 2.51. The molecule has 0 saturated heterocycles. The normalized spacial score (nSPS) is 11.4. The second kappa shape index (κ2) is 4.34. The summed E-state index contributed by atoms with van der Waals surface area (Å²) in [5.74, 6) is 0.418. The number of nitrogens with zero attached hydrogens (tertiary/aromatic N) is 1. The first-order chi connectivity index (χ1) is 8.40. The van der Waals surface area contributed by atoms with E-state index in [1.165, 1.54) is 12.3 Å². The first kappa shape index (κ1) is 12.4. The van der Waals surface area contributed by atoms with Gasteiger partial charge in [-0.15, -0.1) is 0 Å². The Bertz CT molecular complexity index is 677. The van der Waals surface area contributed by atoms with Crippen molar-refractivity contribution >= 4 is 15.7 Å². The highest BCUT2D eigenvalue weighted by molar-refractivity contribution is 7.92. The smallest absolute Gasteiger partial charge is 0.279 e. The monoisotopic (exact) mass is 267 g/mol. The second-order valence-electron chi connectivity index (χ2n) is 3.91. The molecule has 0 bridgehead atoms. The van der Waals surface area contributed by atoms with Gasteiger partial charge in [-0.05, 0) is 25.5 Å². The van der Waals surface area contributed by atoms with E-state index in [-0.39, 0.29) is 16.5 Å². The fraction of sp³-hybridized carbons (Fsp3) is 0.182. The molecule has 2 aromatic rings. The van der Waals surface area contributed by atoms with Crippen LogP contribution in [0.3, 0.4) is 0 Å². The van der Waals surface area contributed by atoms with Crippen molar-refractivity contribution in [2.24, 2.45) is 0 Å². The molecule has 2 rings (SSSR count). The maximum Gasteiger partial charge on any atom is 0.279 e. The average Bonchev–Trinajstić information content (AvgIpc) is 2.72. The van der Waals surface area contributed by atoms with Gasteiger partial charge in [0.1, 0.15) is 11.6 Å². The van der Waals surface area contributed by atoms with Crippen molar-refractivity contribution < 1.29 is 13.5 Å². The minimum absolute atomic E-state index is 0.0408. The number of aromatic hydroxyl groups is 1. The van der Waals surface area contributed by atoms with Crippen LogP contribution in [0.25, 0.3) is 0 Å². The number of anilines is 1. The van der Waals surface area contributed by atoms with Crippen LogP contribution in [0, 0.1) is 13.8 Å². The summed E-state index contributed by atoms with van der Waals surface area (Å²) in [6, 6.07) is 4.84. The number of H-pyrrole nitrogens is 1. The van der Waals surface area contributed by atoms with Gasteiger partial charge in [0.25, 0.3) is 10.0 Å². The van der Waals surface area contributed by atoms with E-state index in [9.17, 15) is 13.5 Å². The van der Waals surface area contributed by atoms with Crippen molar-refractivity contribution in [3.05, 3.63) is 35.8 Å². The van der Waals surface area contributed by atoms with E-state index in [1.54, 1.807) is 26.0 Å². The molecule has 0 aliphatic rings. The van der Waals surface area contributed by atoms with Crippen LogP contribution < -0.4 is 4.72 Å². The van der Waals surface area contributed by atoms with E-state index < -0.39 is 10.0 Å². The quantitative estimate of drug-likeness (QED) is 0.735. The average molecular weight is 267 g/mol. The number of sulfonamides is 1. The van der Waals surface area contributed by atoms with Crippen LogP contribution in [0.15, 0.2) is 29.4 Å². The van der Waals surface area contributed by atoms with E-state index in [0.717, 1.165) is 0 Å². The Balaban J connectivity index is 2.37. The maximum absolute atomic E-state index is 12.0. The van der Waals surface area contributed by atoms with Gasteiger partial charge in [-0.1, -0.05) is 12.1 Å². The van der Waals surface area contributed by atoms with E-state index >= 15 is 0 Å². The van der Waals surface area contributed by atoms with Crippen LogP contribution in [0.1, 0.15) is 11.4 Å². The number of benzene rings is 1. The minimum Gasteiger partial charge on any atom is -0.505 e. The van der Waals surface area contributed by atoms with Gasteiger partial charge >= 0.3 is 0 Å². The Morgan fingerprint density at radius 3 is 2.67 bits per heavy atom. The van der Waals surface area contributed by atoms with Crippen LogP contribution in [-0.2, 0) is 10.0 Å². The predicted molar refractivity (Wildman–Crippen MR) is 67.0 cm³/mol. The Hall–Kier alpha value is -2.02. The molecule has 0 amide bonds. The lowest BCUT2D eigenvalue weighted by Crippen LogP contribution is -2.13. The number of aromatic nitrogens is 2. The standard InChI is InChI=1S/C11H13N3O3S/c1-7-4-3-5-9(11(7)15)14-18(16,17)10-6-12-8(2)13-10/h3-6,14-15H,1-2H3,(H,12,13). The van der Waals surface area contributed by atoms with Crippen molar-refractivity contribution in [3.8, 4) is 5.75 Å². The molecule has 0 saturated carbocycles. The molecule has 0 aliphatic carbocycles. The van der Waals surface area contributed by atoms with Crippen molar-refractivity contribution in [1.82, 2.24) is 9.97 Å². The van der Waals surface area contributed by atoms with Gasteiger partial charge in [-0.25, -0.2) is 4.98 Å². The van der Waals surface area contributed by atoms with E-state index in [0.29, 0.717) is 11.4 Å². The zero-order valence-corrected chi connectivity index (χ0v) is 10.7. The first-order valence-electron chi connectivity index (χ1n) is 5.23. The van der Waals surface area contributed by atoms with Crippen LogP contribution in [-0.4, -0.2) is 23.5 Å². The van der Waals surface area contributed by atoms with Crippen LogP contribution >= 0.6 is 0 Å². The van der Waals surface area contributed by atoms with E-state index in [2.05, 4.69) is 14.7 Å². The number of rotatable bonds is 3. The minimum atomic E-state index is -3.76. The largest absolute Gasteiger partial charge is 0.505 e. The lowest BCUT2D eigenvalue weighted by molar-refractivity contribution is 0.473. The molecule has 1 aromatic carbocycles. The van der Waals surface area contributed by atoms with Gasteiger partial charge in [0.2, 0.25) is 0 Å². The second-order valence-corrected chi connectivity index (χ2v) is 5.56. The van der Waals surface area contributed by atoms with Gasteiger partial charge in [-0.2, -0.15) is 8.42 Å². The van der Waals surface area contributed by atoms with Crippen molar-refractivity contribution in [3.63, 3.8) is 0 Å². The summed E-state index contributed by atoms with van der Waals surface area (Å²) >= 11 is 0. The van der Waals surface area contributed by atoms with Crippen molar-refractivity contribution in [2.45, 2.75) is 18.9 Å². The topological polar surface area (TPSA) is 95.1 Å². The third-order valence-electron chi connectivity index (χ3n) is 2.45. The number of aryl methyl sites for hydroxylation is 2. The van der Waals surface area contributed by atoms with Gasteiger partial charge in [0.05, 0.1) is 11.9 Å². The number of para-hydroxylation sites is 1. The zero-order valence-electron chi connectivity index (χ0n) is 9.93. The maximum atomic E-state index is 12.0. The van der Waals surface area contributed by atoms with E-state index in [1.807, 2.05) is 0 Å². The molecule has 96 valence electrons. The molecule has 0 fully saturated rings. The Labute approximate surface area is 105 Å². The summed E-state index contributed by atoms with van der Waals surface area (Å²) in [4.78, 5) is 6.45. The Morgan fingerprint density at radius 2 is 2.06 bits per heavy atom. The Morgan fingerprint density at radius 1 is 1.33 bits per heavy atom. The van der Waals surface area contributed by atoms with E-state index in [4.69, 9.17) is 0 Å². The van der Waals surface area contributed by atoms with Gasteiger partial charge in [0, 0.05) is 0 Å². The highest BCUT2D eigenvalue weighted by Gasteiger charge is 2.18. The zero-order chi connectivity index (χ0) is 13.3. The molecular formula is C11H13N3O3S. The van der Waals surface area contributed by atoms with Crippen LogP contribution in [0.5, 0.6) is 5.75 Å². The van der Waals surface area contributed by atoms with Crippen LogP contribution in [0.2, 0.25) is 0 Å². The summed E-state index contributed by atoms with van der Waals surface area (Å²) < 4.78 is 26.3. The predicted octanol–water partition coefficient (Wildman–Crippen LogP) is 1.53. The molecule has 1 heterocycles. The molecule has 3 N–H and O–H groups in total. The molecular weight excluding hydrogens is 254 g/mol. The molecule has 0 radical (unpaired) electrons. The molecule has 1 aromatic heterocycles. The highest BCUT2D eigenvalue weighted by atomic mass is 32.2. The van der Waals surface area contributed by atoms with Crippen molar-refractivity contribution in [2.75, 3.05) is 4.72 Å². The Kier molecular flexibility index (Phi) is 3.00. The third-order valence-corrected chi connectivity index (χ3v) is 3.73. The molecule has 18 heavy (non-hydrogen) atoms. The van der Waals surface area contributed by atoms with Gasteiger partial charge < -0.3 is 10.1 Å². The number of aromatic amines is 1. The summed E-state index contributed by atoms with van der Waals surface area (Å²) in [5.41, 5.74) is 0.734. The SMILES string of the molecule is Cc1ncc(S(=O)(=O)Nc2cccc(C)c2O)[nH]1. The van der Waals surface area contributed by atoms with Crippen LogP contribution in [0.4, 0.5) is 5.69 Å². The number of phenols is 1. The number of hydrogen-bond acceptors (Lipinski definition) is 4. The summed E-state index contributed by atoms with van der Waals surface area (Å²) in [6.45, 7) is 3.34. The fourth-order valence-electron chi connectivity index (χ4n) is 1.48. The summed E-state index contributed by atoms with van der Waals surface area (Å²) in [6.07, 6.45) is 1.23. The molecule has 0 aliphatic heterocycles. The number of hydrogen-bond donors (Lipinski definition) is 3. The third kappa shape index (κ3) is 2.30. The molecule has 0 spiro atoms. The number of phenolic OH excluding ortho intramolecular Hbond substituents is 1. The molecule has 6 nitrogen and oxygen atoms in total. The number of imidazole rings is 1. The highest BCUT2D eigenvalue weighted by Crippen LogP contribution is 2.28. The number of nitrogens with one attached hydrogen (secondary N) is 2. The lowest BCUT2D eigenvalue weighted by Gasteiger charge is -2.09. The first-order valence-corrected chi connectivity index (χ1v) is 6.71. The summed E-state index contributed by atoms with van der Waals surface area (Å²) in [7, 11) is -3.76. The van der Waals surface area contributed by atoms with Gasteiger partial charge in [-0.3, -0.25) is 4.72 Å². The molecule has 0 atom stereocenters. The van der Waals surface area contributed by atoms with Gasteiger partial charge in [0.15, 0.2) is 5.03 Å². The van der Waals surface area contributed by atoms with Crippen molar-refractivity contribution in [1.29, 1.82) is 0 Å². The molecule has 7 heteroatoms. The lowest BCUT2D eigenvalue weighted by atomic mass is 10.2. The molecule has 0 unspecified atom stereocenters.